The number of carbonyl (C=O) groups excluding carboxylic acids is 14. The Morgan fingerprint density at radius 1 is 0.254 bits per heavy atom. The molecule has 686 valence electrons. The Bertz CT molecular complexity index is 3200. The lowest BCUT2D eigenvalue weighted by molar-refractivity contribution is -0.156. The van der Waals surface area contributed by atoms with Crippen LogP contribution in [0.15, 0.2) is 24.3 Å². The number of carboxylic acids is 6. The molecule has 16 amide bonds. The molecule has 2 aliphatic rings. The molecular weight excluding hydrogens is 1630 g/mol. The molecule has 2 heterocycles. The van der Waals surface area contributed by atoms with E-state index in [1.54, 1.807) is 0 Å². The number of hydrogen-bond acceptors (Lipinski definition) is 28. The molecule has 0 aromatic heterocycles. The minimum atomic E-state index is -2.05. The number of ether oxygens (including phenoxy) is 8. The number of carboxylic acid groups (broad SMARTS) is 6. The molecule has 122 heavy (non-hydrogen) atoms. The minimum Gasteiger partial charge on any atom is -0.481 e. The van der Waals surface area contributed by atoms with Gasteiger partial charge in [-0.25, -0.2) is 28.8 Å². The topological polar surface area (TPSA) is 687 Å². The fourth-order valence-corrected chi connectivity index (χ4v) is 10.8. The molecule has 48 nitrogen and oxygen atoms in total. The predicted molar refractivity (Wildman–Crippen MR) is 417 cm³/mol. The average molecular weight is 1750 g/mol. The zero-order valence-electron chi connectivity index (χ0n) is 67.9. The normalized spacial score (nSPS) is 13.6. The van der Waals surface area contributed by atoms with Crippen LogP contribution in [0.4, 0.5) is 9.59 Å². The van der Waals surface area contributed by atoms with E-state index in [0.29, 0.717) is 74.5 Å². The Balaban J connectivity index is 1.52. The monoisotopic (exact) mass is 1740 g/mol. The highest BCUT2D eigenvalue weighted by Crippen LogP contribution is 2.22. The molecule has 0 aromatic carbocycles. The van der Waals surface area contributed by atoms with Crippen LogP contribution >= 0.6 is 0 Å². The van der Waals surface area contributed by atoms with Crippen molar-refractivity contribution in [3.63, 3.8) is 0 Å². The number of nitrogens with zero attached hydrogens (tertiary/aromatic N) is 2. The first kappa shape index (κ1) is 107. The van der Waals surface area contributed by atoms with Gasteiger partial charge in [-0.15, -0.1) is 0 Å². The maximum atomic E-state index is 14.0. The molecule has 2 aliphatic heterocycles. The quantitative estimate of drug-likeness (QED) is 0.0200. The Morgan fingerprint density at radius 2 is 0.475 bits per heavy atom. The Kier molecular flexibility index (Phi) is 57.1. The number of amides is 16. The average Bonchev–Trinajstić information content (AvgIpc) is 1.60. The molecule has 0 saturated carbocycles. The Labute approximate surface area is 701 Å². The summed E-state index contributed by atoms with van der Waals surface area (Å²) in [5, 5.41) is 84.0. The standard InChI is InChI=1S/C74H116N14O34/c89-53(75-25-3-1-5-27-77-57(93)23-33-115-37-41-119-45-47-121-43-39-117-35-31-79-55(91)15-11-49(69(105)106)83-73(113)85-51(71(109)110)13-21-63(99)100)9-7-29-81-67(103)65(87-59(95)17-18-60(87)96)66(88-61(97)19-20-62(88)98)68(104)82-30-8-10-54(90)76-26-4-2-6-28-78-58(94)24-34-116-38-42-120-46-48-122-44-40-118-36-32-80-56(92)16-12-50(70(107)108)84-74(114)86-52(72(111)112)14-22-64(101)102/h17-20,49-52,65-66H,1-16,21-48H2,(H,75,89)(H,76,90)(H,77,93)(H,78,94)(H,79,91)(H,80,92)(H,81,103)(H,82,104)(H,99,100)(H,101,102)(H,105,106)(H,107,108)(H,109,110)(H,111,112)(H2,83,85,113)(H2,84,86,114). The molecule has 0 aliphatic carbocycles. The summed E-state index contributed by atoms with van der Waals surface area (Å²) in [4.78, 5) is 247. The molecule has 6 atom stereocenters. The van der Waals surface area contributed by atoms with Crippen molar-refractivity contribution in [2.45, 2.75) is 165 Å². The molecule has 0 radical (unpaired) electrons. The van der Waals surface area contributed by atoms with Gasteiger partial charge in [-0.2, -0.15) is 0 Å². The van der Waals surface area contributed by atoms with Crippen molar-refractivity contribution in [2.75, 3.05) is 158 Å². The molecule has 0 aromatic rings. The van der Waals surface area contributed by atoms with Gasteiger partial charge >= 0.3 is 47.9 Å². The van der Waals surface area contributed by atoms with Crippen LogP contribution in [-0.2, 0) is 124 Å². The lowest BCUT2D eigenvalue weighted by Crippen LogP contribution is -2.65. The summed E-state index contributed by atoms with van der Waals surface area (Å²) in [5.74, 6) is -16.9. The number of nitrogens with one attached hydrogen (secondary N) is 12. The Morgan fingerprint density at radius 3 is 0.738 bits per heavy atom. The van der Waals surface area contributed by atoms with E-state index < -0.39 is 157 Å². The maximum absolute atomic E-state index is 14.0. The SMILES string of the molecule is O=C(O)CCC(NC(=O)NC(CCC(=O)NCCOCCOCCOCCOCCC(=O)NCCCCCNC(=O)CCCNC(=O)C(C(C(=O)NCCCC(=O)NCCCCCNC(=O)CCOCCOCCOCCOCCNC(=O)CCC(NC(=O)NC(CCC(=O)O)C(=O)O)C(=O)O)N1C(=O)C=CC1=O)N1C(=O)C=CC1=O)C(=O)O)C(=O)O. The highest BCUT2D eigenvalue weighted by molar-refractivity contribution is 6.19. The molecular formula is C74H116N14O34. The van der Waals surface area contributed by atoms with Gasteiger partial charge in [-0.3, -0.25) is 76.9 Å². The van der Waals surface area contributed by atoms with E-state index in [1.807, 2.05) is 10.6 Å². The number of aliphatic carboxylic acids is 6. The summed E-state index contributed by atoms with van der Waals surface area (Å²) in [7, 11) is 0. The zero-order valence-corrected chi connectivity index (χ0v) is 67.9. The van der Waals surface area contributed by atoms with E-state index in [-0.39, 0.29) is 220 Å². The zero-order chi connectivity index (χ0) is 90.2. The molecule has 6 unspecified atom stereocenters. The Hall–Kier alpha value is -11.4. The largest absolute Gasteiger partial charge is 0.481 e. The van der Waals surface area contributed by atoms with Crippen LogP contribution < -0.4 is 63.8 Å². The number of carbonyl (C=O) groups is 20. The van der Waals surface area contributed by atoms with Gasteiger partial charge in [0, 0.05) is 128 Å². The third kappa shape index (κ3) is 51.2. The van der Waals surface area contributed by atoms with E-state index in [1.165, 1.54) is 0 Å². The van der Waals surface area contributed by atoms with E-state index in [0.717, 1.165) is 24.3 Å². The second-order valence-corrected chi connectivity index (χ2v) is 26.8. The van der Waals surface area contributed by atoms with Crippen LogP contribution in [0.2, 0.25) is 0 Å². The second kappa shape index (κ2) is 65.4. The van der Waals surface area contributed by atoms with Gasteiger partial charge in [0.05, 0.1) is 106 Å². The third-order valence-corrected chi connectivity index (χ3v) is 17.2. The summed E-state index contributed by atoms with van der Waals surface area (Å²) in [6, 6.07) is -12.6. The van der Waals surface area contributed by atoms with Gasteiger partial charge in [-0.05, 0) is 77.0 Å². The number of imide groups is 2. The first-order valence-corrected chi connectivity index (χ1v) is 39.8. The molecule has 0 fully saturated rings. The summed E-state index contributed by atoms with van der Waals surface area (Å²) in [6.45, 7) is 4.54. The summed E-state index contributed by atoms with van der Waals surface area (Å²) >= 11 is 0. The lowest BCUT2D eigenvalue weighted by Gasteiger charge is -2.35. The van der Waals surface area contributed by atoms with Gasteiger partial charge in [0.2, 0.25) is 47.3 Å². The van der Waals surface area contributed by atoms with Crippen molar-refractivity contribution < 1.29 is 164 Å². The highest BCUT2D eigenvalue weighted by Gasteiger charge is 2.50. The van der Waals surface area contributed by atoms with Crippen molar-refractivity contribution in [1.82, 2.24) is 73.6 Å². The van der Waals surface area contributed by atoms with E-state index in [2.05, 4.69) is 53.2 Å². The fourth-order valence-electron chi connectivity index (χ4n) is 10.8. The first-order valence-electron chi connectivity index (χ1n) is 39.8. The predicted octanol–water partition coefficient (Wildman–Crippen LogP) is -4.98. The van der Waals surface area contributed by atoms with Crippen molar-refractivity contribution in [1.29, 1.82) is 0 Å². The maximum Gasteiger partial charge on any atom is 0.326 e. The summed E-state index contributed by atoms with van der Waals surface area (Å²) in [6.07, 6.45) is 4.16. The number of unbranched alkanes of at least 4 members (excludes halogenated alkanes) is 4. The van der Waals surface area contributed by atoms with Crippen LogP contribution in [0.5, 0.6) is 0 Å². The third-order valence-electron chi connectivity index (χ3n) is 17.2. The summed E-state index contributed by atoms with van der Waals surface area (Å²) < 4.78 is 43.4. The van der Waals surface area contributed by atoms with Crippen LogP contribution in [0, 0.1) is 0 Å². The molecule has 0 bridgehead atoms. The van der Waals surface area contributed by atoms with Crippen LogP contribution in [0.1, 0.15) is 128 Å². The van der Waals surface area contributed by atoms with Crippen molar-refractivity contribution in [2.24, 2.45) is 0 Å². The van der Waals surface area contributed by atoms with Crippen LogP contribution in [0.25, 0.3) is 0 Å². The fraction of sp³-hybridized carbons (Fsp3) is 0.676. The van der Waals surface area contributed by atoms with Crippen molar-refractivity contribution >= 4 is 119 Å². The molecule has 0 saturated heterocycles. The van der Waals surface area contributed by atoms with Crippen LogP contribution in [0.3, 0.4) is 0 Å². The van der Waals surface area contributed by atoms with Gasteiger partial charge in [0.25, 0.3) is 23.6 Å². The van der Waals surface area contributed by atoms with E-state index >= 15 is 0 Å². The number of urea groups is 2. The molecule has 2 rings (SSSR count). The highest BCUT2D eigenvalue weighted by atomic mass is 16.6. The second-order valence-electron chi connectivity index (χ2n) is 26.8. The van der Waals surface area contributed by atoms with Gasteiger partial charge in [-0.1, -0.05) is 0 Å². The van der Waals surface area contributed by atoms with Crippen LogP contribution in [-0.4, -0.2) is 354 Å². The van der Waals surface area contributed by atoms with Gasteiger partial charge in [0.15, 0.2) is 0 Å². The smallest absolute Gasteiger partial charge is 0.326 e. The molecule has 0 spiro atoms. The number of rotatable bonds is 75. The first-order chi connectivity index (χ1) is 58.4. The lowest BCUT2D eigenvalue weighted by atomic mass is 10.0. The van der Waals surface area contributed by atoms with Crippen molar-refractivity contribution in [3.05, 3.63) is 24.3 Å². The summed E-state index contributed by atoms with van der Waals surface area (Å²) in [5.41, 5.74) is 0. The van der Waals surface area contributed by atoms with Gasteiger partial charge in [0.1, 0.15) is 36.3 Å². The number of hydrogen-bond donors (Lipinski definition) is 18. The van der Waals surface area contributed by atoms with E-state index in [9.17, 15) is 116 Å². The molecule has 18 N–H and O–H groups in total. The van der Waals surface area contributed by atoms with Crippen molar-refractivity contribution in [3.8, 4) is 0 Å². The van der Waals surface area contributed by atoms with Gasteiger partial charge < -0.3 is 132 Å². The molecule has 48 heteroatoms. The minimum absolute atomic E-state index is 0.0612. The van der Waals surface area contributed by atoms with E-state index in [4.69, 9.17) is 48.1 Å².